The molecule has 3 aromatic carbocycles. The number of benzene rings is 3. The lowest BCUT2D eigenvalue weighted by Gasteiger charge is -2.28. The summed E-state index contributed by atoms with van der Waals surface area (Å²) >= 11 is 1.44. The van der Waals surface area contributed by atoms with E-state index < -0.39 is 170 Å². The summed E-state index contributed by atoms with van der Waals surface area (Å²) in [6.45, 7) is 3.77. The van der Waals surface area contributed by atoms with Crippen LogP contribution in [-0.4, -0.2) is 215 Å². The summed E-state index contributed by atoms with van der Waals surface area (Å²) in [6.07, 6.45) is -0.0325. The maximum Gasteiger partial charge on any atom is 0.252 e. The molecule has 23 N–H and O–H groups in total. The molecule has 2 aromatic heterocycles. The van der Waals surface area contributed by atoms with Crippen molar-refractivity contribution < 1.29 is 72.5 Å². The molecule has 0 spiro atoms. The van der Waals surface area contributed by atoms with Gasteiger partial charge in [-0.15, -0.1) is 0 Å². The minimum Gasteiger partial charge on any atom is -0.391 e. The van der Waals surface area contributed by atoms with Gasteiger partial charge in [0.25, 0.3) is 5.91 Å². The van der Waals surface area contributed by atoms with Crippen molar-refractivity contribution in [3.63, 3.8) is 0 Å². The number of aliphatic hydroxyl groups excluding tert-OH is 2. The number of hydrogen-bond acceptors (Lipinski definition) is 22. The number of carbonyl (C=O) groups is 13. The van der Waals surface area contributed by atoms with Gasteiger partial charge in [-0.3, -0.25) is 72.0 Å². The quantitative estimate of drug-likeness (QED) is 0.0214. The molecule has 1 aliphatic heterocycles. The van der Waals surface area contributed by atoms with E-state index in [1.807, 2.05) is 77.5 Å². The molecule has 107 heavy (non-hydrogen) atoms. The fourth-order valence-corrected chi connectivity index (χ4v) is 12.0. The monoisotopic (exact) mass is 1500 g/mol. The lowest BCUT2D eigenvalue weighted by atomic mass is 10.0. The average Bonchev–Trinajstić information content (AvgIpc) is 1.64. The van der Waals surface area contributed by atoms with Crippen LogP contribution in [0.1, 0.15) is 106 Å². The van der Waals surface area contributed by atoms with Crippen LogP contribution in [0.5, 0.6) is 0 Å². The summed E-state index contributed by atoms with van der Waals surface area (Å²) in [4.78, 5) is 183. The lowest BCUT2D eigenvalue weighted by molar-refractivity contribution is -0.136. The zero-order valence-corrected chi connectivity index (χ0v) is 61.1. The average molecular weight is 1500 g/mol. The van der Waals surface area contributed by atoms with E-state index in [2.05, 4.69) is 74.1 Å². The molecule has 5 aromatic rings. The van der Waals surface area contributed by atoms with Crippen molar-refractivity contribution in [2.24, 2.45) is 28.9 Å². The van der Waals surface area contributed by atoms with Gasteiger partial charge in [-0.25, -0.2) is 0 Å². The fourth-order valence-electron chi connectivity index (χ4n) is 11.1. The van der Waals surface area contributed by atoms with E-state index in [1.165, 1.54) is 18.7 Å². The molecule has 578 valence electrons. The first-order chi connectivity index (χ1) is 51.1. The van der Waals surface area contributed by atoms with Crippen LogP contribution in [0.15, 0.2) is 101 Å². The summed E-state index contributed by atoms with van der Waals surface area (Å²) in [7, 11) is 1.58. The van der Waals surface area contributed by atoms with E-state index in [9.17, 15) is 72.5 Å². The molecule has 1 fully saturated rings. The van der Waals surface area contributed by atoms with Crippen LogP contribution in [0.25, 0.3) is 23.1 Å². The van der Waals surface area contributed by atoms with Crippen molar-refractivity contribution in [3.8, 4) is 0 Å². The van der Waals surface area contributed by atoms with Gasteiger partial charge in [0.15, 0.2) is 0 Å². The molecule has 35 nitrogen and oxygen atoms in total. The second kappa shape index (κ2) is 43.0. The van der Waals surface area contributed by atoms with E-state index in [1.54, 1.807) is 51.4 Å². The third-order valence-electron chi connectivity index (χ3n) is 16.7. The minimum absolute atomic E-state index is 0.0546. The van der Waals surface area contributed by atoms with Gasteiger partial charge in [0, 0.05) is 53.5 Å². The summed E-state index contributed by atoms with van der Waals surface area (Å²) < 4.78 is 1.86. The van der Waals surface area contributed by atoms with Gasteiger partial charge in [0.2, 0.25) is 70.9 Å². The SMILES string of the molecule is CNC(=O)c1ccccc1Sc1ccc2c(/C=C/c3ccccn3)nn(Cc3ccc(NC(=O)CNC(=O)CCC(=O)N[C@H](C(=O)N[C@@H](CCN)C(=O)N[C@H]4CCNC(=O)[C@H]([C@@H](C)O)NC(=O)[C@H](CCN)NC(=O)[C@H](CCN)NC(=O)[C@H](CC(C)C)NC(=O)CNC(=O)[C@H](CCN)NC4=O)[C@@H](C)O)cc3)c2c1. The second-order valence-electron chi connectivity index (χ2n) is 25.7. The minimum atomic E-state index is -1.75. The second-order valence-corrected chi connectivity index (χ2v) is 26.8. The molecule has 36 heteroatoms. The fraction of sp³-hybridized carbons (Fsp3) is 0.451. The van der Waals surface area contributed by atoms with Crippen LogP contribution < -0.4 is 92.1 Å². The van der Waals surface area contributed by atoms with Crippen molar-refractivity contribution in [1.82, 2.24) is 78.6 Å². The first-order valence-electron chi connectivity index (χ1n) is 35.0. The number of nitrogens with two attached hydrogens (primary N) is 4. The van der Waals surface area contributed by atoms with Crippen LogP contribution in [0.4, 0.5) is 5.69 Å². The van der Waals surface area contributed by atoms with Gasteiger partial charge >= 0.3 is 0 Å². The number of anilines is 1. The Balaban J connectivity index is 1.08. The number of carbonyl (C=O) groups excluding carboxylic acids is 13. The predicted molar refractivity (Wildman–Crippen MR) is 397 cm³/mol. The Morgan fingerprint density at radius 3 is 1.93 bits per heavy atom. The lowest BCUT2D eigenvalue weighted by Crippen LogP contribution is -2.61. The number of nitrogens with zero attached hydrogens (tertiary/aromatic N) is 3. The van der Waals surface area contributed by atoms with E-state index in [-0.39, 0.29) is 70.1 Å². The van der Waals surface area contributed by atoms with Gasteiger partial charge in [0.1, 0.15) is 48.3 Å². The number of fused-ring (bicyclic) bond motifs is 1. The Kier molecular flexibility index (Phi) is 34.2. The van der Waals surface area contributed by atoms with Crippen molar-refractivity contribution >= 4 is 117 Å². The number of pyridine rings is 1. The Morgan fingerprint density at radius 1 is 0.664 bits per heavy atom. The van der Waals surface area contributed by atoms with Gasteiger partial charge in [-0.2, -0.15) is 5.10 Å². The third-order valence-corrected chi connectivity index (χ3v) is 17.7. The third kappa shape index (κ3) is 27.0. The Morgan fingerprint density at radius 2 is 1.30 bits per heavy atom. The zero-order valence-electron chi connectivity index (χ0n) is 60.2. The molecular formula is C71H98N20O15S. The van der Waals surface area contributed by atoms with Crippen molar-refractivity contribution in [2.75, 3.05) is 58.2 Å². The van der Waals surface area contributed by atoms with E-state index in [0.717, 1.165) is 38.9 Å². The largest absolute Gasteiger partial charge is 0.391 e. The smallest absolute Gasteiger partial charge is 0.252 e. The number of nitrogens with one attached hydrogen (secondary N) is 13. The number of aliphatic hydroxyl groups is 2. The molecule has 10 atom stereocenters. The Labute approximate surface area is 622 Å². The van der Waals surface area contributed by atoms with E-state index in [0.29, 0.717) is 23.5 Å². The Hall–Kier alpha value is -10.8. The van der Waals surface area contributed by atoms with Gasteiger partial charge < -0.3 is 102 Å². The van der Waals surface area contributed by atoms with E-state index >= 15 is 0 Å². The first-order valence-corrected chi connectivity index (χ1v) is 35.8. The number of amides is 13. The first kappa shape index (κ1) is 85.2. The van der Waals surface area contributed by atoms with Gasteiger partial charge in [-0.1, -0.05) is 55.9 Å². The highest BCUT2D eigenvalue weighted by molar-refractivity contribution is 7.99. The Bertz CT molecular complexity index is 3950. The van der Waals surface area contributed by atoms with Crippen LogP contribution in [0.2, 0.25) is 0 Å². The molecule has 0 unspecified atom stereocenters. The molecular weight excluding hydrogens is 1400 g/mol. The molecule has 6 rings (SSSR count). The van der Waals surface area contributed by atoms with Crippen molar-refractivity contribution in [1.29, 1.82) is 0 Å². The topological polar surface area (TPSA) is 554 Å². The molecule has 0 bridgehead atoms. The summed E-state index contributed by atoms with van der Waals surface area (Å²) in [5, 5.41) is 59.8. The normalized spacial score (nSPS) is 19.2. The molecule has 0 aliphatic carbocycles. The van der Waals surface area contributed by atoms with Crippen LogP contribution >= 0.6 is 11.8 Å². The number of rotatable bonds is 30. The molecule has 1 aliphatic rings. The van der Waals surface area contributed by atoms with Crippen LogP contribution in [0, 0.1) is 5.92 Å². The molecule has 13 amide bonds. The summed E-state index contributed by atoms with van der Waals surface area (Å²) in [5.74, 6) is -11.3. The highest BCUT2D eigenvalue weighted by Crippen LogP contribution is 2.34. The predicted octanol–water partition coefficient (Wildman–Crippen LogP) is -3.29. The van der Waals surface area contributed by atoms with Gasteiger partial charge in [-0.05, 0) is 157 Å². The zero-order chi connectivity index (χ0) is 78.3. The summed E-state index contributed by atoms with van der Waals surface area (Å²) in [5.41, 5.74) is 27.4. The van der Waals surface area contributed by atoms with Crippen LogP contribution in [0.3, 0.4) is 0 Å². The number of aromatic nitrogens is 3. The molecule has 0 radical (unpaired) electrons. The molecule has 3 heterocycles. The molecule has 0 saturated carbocycles. The van der Waals surface area contributed by atoms with Crippen molar-refractivity contribution in [3.05, 3.63) is 114 Å². The summed E-state index contributed by atoms with van der Waals surface area (Å²) in [6, 6.07) is 13.6. The number of hydrogen-bond donors (Lipinski definition) is 19. The highest BCUT2D eigenvalue weighted by atomic mass is 32.2. The maximum atomic E-state index is 14.3. The maximum absolute atomic E-state index is 14.3. The highest BCUT2D eigenvalue weighted by Gasteiger charge is 2.36. The van der Waals surface area contributed by atoms with Crippen LogP contribution in [-0.2, 0) is 64.1 Å². The van der Waals surface area contributed by atoms with Gasteiger partial charge in [0.05, 0.1) is 54.3 Å². The van der Waals surface area contributed by atoms with Crippen molar-refractivity contribution in [2.45, 2.75) is 156 Å². The standard InChI is InChI=1S/C71H98N20O15S/c1-39(2)34-54-69(104)85-50(24-29-73)65(100)84-52(26-31-75)68(103)89-61(40(3)92)70(105)78-33-27-53(67(102)83-49(23-28-72)64(99)80-37-60(97)82-54)86-66(101)51(25-30-74)87-71(106)62(41(4)93)88-58(95)22-21-57(94)79-36-59(96)81-44-15-13-42(14-16-44)38-91-55-35-45(107-56-12-7-6-11-47(56)63(98)76-5)18-19-46(55)48(90-91)20-17-43-10-8-9-32-77-43/h6-20,32,35,39-41,49-54,61-62,92-93H,21-31,33-34,36-38,72-75H2,1-5H3,(H,76,98)(H,78,105)(H,79,94)(H,80,99)(H,81,96)(H,82,97)(H,83,102)(H,84,100)(H,85,104)(H,86,101)(H,87,106)(H,88,95)(H,89,103)/b20-17+/t40-,41-,49+,50+,51+,52+,53+,54+,61+,62+/m1/s1. The molecule has 1 saturated heterocycles. The van der Waals surface area contributed by atoms with E-state index in [4.69, 9.17) is 28.0 Å².